The van der Waals surface area contributed by atoms with Crippen molar-refractivity contribution in [2.75, 3.05) is 19.8 Å². The van der Waals surface area contributed by atoms with Crippen LogP contribution in [0.5, 0.6) is 0 Å². The van der Waals surface area contributed by atoms with Gasteiger partial charge in [0.25, 0.3) is 0 Å². The van der Waals surface area contributed by atoms with E-state index < -0.39 is 13.8 Å². The predicted octanol–water partition coefficient (Wildman–Crippen LogP) is 10.9. The van der Waals surface area contributed by atoms with Gasteiger partial charge in [-0.1, -0.05) is 137 Å². The first kappa shape index (κ1) is 38.7. The molecule has 0 saturated heterocycles. The molecule has 0 spiro atoms. The molecule has 0 aromatic carbocycles. The third-order valence-electron chi connectivity index (χ3n) is 6.24. The number of hydrogen-bond acceptors (Lipinski definition) is 5. The number of unbranched alkanes of at least 4 members (excludes halogenated alkanes) is 17. The van der Waals surface area contributed by atoms with Gasteiger partial charge >= 0.3 is 13.8 Å². The number of phosphoric ester groups is 1. The molecule has 37 heavy (non-hydrogen) atoms. The SMILES string of the molecule is CCCCCCCCCCCCCCCCCC(=O)O.CCCCOP(=O)(OCCCC)OCCCC. The Balaban J connectivity index is 0. The minimum atomic E-state index is -3.31. The van der Waals surface area contributed by atoms with Crippen molar-refractivity contribution in [3.63, 3.8) is 0 Å². The number of carbonyl (C=O) groups is 1. The summed E-state index contributed by atoms with van der Waals surface area (Å²) in [4.78, 5) is 10.3. The van der Waals surface area contributed by atoms with Gasteiger partial charge < -0.3 is 5.11 Å². The van der Waals surface area contributed by atoms with Crippen molar-refractivity contribution in [2.24, 2.45) is 0 Å². The molecule has 0 bridgehead atoms. The minimum absolute atomic E-state index is 0.345. The number of carboxylic acids is 1. The summed E-state index contributed by atoms with van der Waals surface area (Å²) in [5.74, 6) is -0.653. The van der Waals surface area contributed by atoms with E-state index in [1.54, 1.807) is 0 Å². The van der Waals surface area contributed by atoms with Gasteiger partial charge in [0.05, 0.1) is 19.8 Å². The van der Waals surface area contributed by atoms with Gasteiger partial charge in [0, 0.05) is 6.42 Å². The summed E-state index contributed by atoms with van der Waals surface area (Å²) < 4.78 is 28.0. The first-order valence-electron chi connectivity index (χ1n) is 15.7. The Morgan fingerprint density at radius 1 is 0.486 bits per heavy atom. The molecule has 0 atom stereocenters. The molecule has 0 unspecified atom stereocenters. The predicted molar refractivity (Wildman–Crippen MR) is 157 cm³/mol. The van der Waals surface area contributed by atoms with Crippen molar-refractivity contribution < 1.29 is 28.0 Å². The molecule has 0 aromatic heterocycles. The molecule has 0 aliphatic carbocycles. The van der Waals surface area contributed by atoms with Crippen molar-refractivity contribution in [2.45, 2.75) is 169 Å². The molecule has 0 rings (SSSR count). The van der Waals surface area contributed by atoms with Crippen molar-refractivity contribution in [3.05, 3.63) is 0 Å². The van der Waals surface area contributed by atoms with Crippen LogP contribution in [-0.4, -0.2) is 30.9 Å². The first-order valence-corrected chi connectivity index (χ1v) is 17.2. The molecule has 0 saturated carbocycles. The number of aliphatic carboxylic acids is 1. The maximum absolute atomic E-state index is 12.2. The van der Waals surface area contributed by atoms with Crippen LogP contribution in [0.15, 0.2) is 0 Å². The highest BCUT2D eigenvalue weighted by molar-refractivity contribution is 7.48. The number of carboxylic acid groups (broad SMARTS) is 1. The second kappa shape index (κ2) is 31.8. The zero-order valence-electron chi connectivity index (χ0n) is 25.1. The molecular formula is C30H63O6P. The van der Waals surface area contributed by atoms with Gasteiger partial charge in [0.2, 0.25) is 0 Å². The molecular weight excluding hydrogens is 487 g/mol. The summed E-state index contributed by atoms with van der Waals surface area (Å²) >= 11 is 0. The van der Waals surface area contributed by atoms with E-state index in [-0.39, 0.29) is 0 Å². The molecule has 0 amide bonds. The van der Waals surface area contributed by atoms with Gasteiger partial charge in [-0.2, -0.15) is 0 Å². The van der Waals surface area contributed by atoms with Crippen LogP contribution in [-0.2, 0) is 22.9 Å². The molecule has 7 heteroatoms. The maximum Gasteiger partial charge on any atom is 0.474 e. The van der Waals surface area contributed by atoms with Crippen LogP contribution in [0.2, 0.25) is 0 Å². The number of rotatable bonds is 28. The maximum atomic E-state index is 12.2. The monoisotopic (exact) mass is 550 g/mol. The average Bonchev–Trinajstić information content (AvgIpc) is 2.87. The van der Waals surface area contributed by atoms with Crippen LogP contribution < -0.4 is 0 Å². The highest BCUT2D eigenvalue weighted by Gasteiger charge is 2.25. The quantitative estimate of drug-likeness (QED) is 0.0770. The van der Waals surface area contributed by atoms with E-state index in [1.165, 1.54) is 83.5 Å². The van der Waals surface area contributed by atoms with Crippen LogP contribution in [0.25, 0.3) is 0 Å². The molecule has 0 heterocycles. The van der Waals surface area contributed by atoms with Crippen LogP contribution in [0, 0.1) is 0 Å². The van der Waals surface area contributed by atoms with E-state index >= 15 is 0 Å². The highest BCUT2D eigenvalue weighted by Crippen LogP contribution is 2.49. The topological polar surface area (TPSA) is 82.1 Å². The lowest BCUT2D eigenvalue weighted by molar-refractivity contribution is -0.137. The fraction of sp³-hybridized carbons (Fsp3) is 0.967. The Bertz CT molecular complexity index is 467. The van der Waals surface area contributed by atoms with Crippen molar-refractivity contribution >= 4 is 13.8 Å². The second-order valence-corrected chi connectivity index (χ2v) is 11.8. The van der Waals surface area contributed by atoms with Gasteiger partial charge in [-0.15, -0.1) is 0 Å². The van der Waals surface area contributed by atoms with Gasteiger partial charge in [0.15, 0.2) is 0 Å². The summed E-state index contributed by atoms with van der Waals surface area (Å²) in [6.07, 6.45) is 25.8. The third kappa shape index (κ3) is 33.6. The van der Waals surface area contributed by atoms with Gasteiger partial charge in [-0.3, -0.25) is 18.4 Å². The van der Waals surface area contributed by atoms with E-state index in [9.17, 15) is 9.36 Å². The van der Waals surface area contributed by atoms with E-state index in [2.05, 4.69) is 27.7 Å². The number of phosphoric acid groups is 1. The Kier molecular flexibility index (Phi) is 33.3. The lowest BCUT2D eigenvalue weighted by Gasteiger charge is -2.17. The summed E-state index contributed by atoms with van der Waals surface area (Å²) in [7, 11) is -3.31. The van der Waals surface area contributed by atoms with Crippen molar-refractivity contribution in [1.82, 2.24) is 0 Å². The summed E-state index contributed by atoms with van der Waals surface area (Å²) in [6.45, 7) is 9.76. The molecule has 224 valence electrons. The van der Waals surface area contributed by atoms with E-state index in [0.717, 1.165) is 51.4 Å². The lowest BCUT2D eigenvalue weighted by atomic mass is 10.0. The molecule has 6 nitrogen and oxygen atoms in total. The number of hydrogen-bond donors (Lipinski definition) is 1. The lowest BCUT2D eigenvalue weighted by Crippen LogP contribution is -2.03. The molecule has 1 N–H and O–H groups in total. The minimum Gasteiger partial charge on any atom is -0.481 e. The van der Waals surface area contributed by atoms with Crippen LogP contribution in [0.1, 0.15) is 169 Å². The Morgan fingerprint density at radius 2 is 0.757 bits per heavy atom. The third-order valence-corrected chi connectivity index (χ3v) is 7.73. The highest BCUT2D eigenvalue weighted by atomic mass is 31.2. The molecule has 0 aliphatic heterocycles. The van der Waals surface area contributed by atoms with E-state index in [1.807, 2.05) is 0 Å². The van der Waals surface area contributed by atoms with E-state index in [4.69, 9.17) is 18.7 Å². The van der Waals surface area contributed by atoms with Crippen molar-refractivity contribution in [1.29, 1.82) is 0 Å². The van der Waals surface area contributed by atoms with Crippen molar-refractivity contribution in [3.8, 4) is 0 Å². The van der Waals surface area contributed by atoms with Crippen LogP contribution >= 0.6 is 7.82 Å². The first-order chi connectivity index (χ1) is 18.0. The smallest absolute Gasteiger partial charge is 0.474 e. The molecule has 0 aromatic rings. The Hall–Kier alpha value is -0.420. The van der Waals surface area contributed by atoms with Gasteiger partial charge in [-0.05, 0) is 25.7 Å². The standard InChI is InChI=1S/C18H36O2.C12H27O4P/c1-2-3-4-5-6-7-8-9-10-11-12-13-14-15-16-17-18(19)20;1-4-7-10-14-17(13,15-11-8-5-2)16-12-9-6-3/h2-17H2,1H3,(H,19,20);4-12H2,1-3H3. The second-order valence-electron chi connectivity index (χ2n) is 10.1. The van der Waals surface area contributed by atoms with Crippen LogP contribution in [0.3, 0.4) is 0 Å². The molecule has 0 aliphatic rings. The fourth-order valence-electron chi connectivity index (χ4n) is 3.72. The van der Waals surface area contributed by atoms with Crippen LogP contribution in [0.4, 0.5) is 0 Å². The normalized spacial score (nSPS) is 11.4. The molecule has 0 fully saturated rings. The average molecular weight is 551 g/mol. The van der Waals surface area contributed by atoms with Gasteiger partial charge in [-0.25, -0.2) is 4.57 Å². The summed E-state index contributed by atoms with van der Waals surface area (Å²) in [5, 5.41) is 8.52. The Labute approximate surface area is 230 Å². The largest absolute Gasteiger partial charge is 0.481 e. The van der Waals surface area contributed by atoms with Gasteiger partial charge in [0.1, 0.15) is 0 Å². The van der Waals surface area contributed by atoms with E-state index in [0.29, 0.717) is 26.2 Å². The zero-order valence-corrected chi connectivity index (χ0v) is 26.0. The molecule has 0 radical (unpaired) electrons. The zero-order chi connectivity index (χ0) is 27.9. The fourth-order valence-corrected chi connectivity index (χ4v) is 5.00. The summed E-state index contributed by atoms with van der Waals surface area (Å²) in [5.41, 5.74) is 0. The summed E-state index contributed by atoms with van der Waals surface area (Å²) in [6, 6.07) is 0. The Morgan fingerprint density at radius 3 is 1.03 bits per heavy atom.